The van der Waals surface area contributed by atoms with E-state index in [2.05, 4.69) is 24.1 Å². The van der Waals surface area contributed by atoms with E-state index in [1.807, 2.05) is 47.4 Å². The third-order valence-electron chi connectivity index (χ3n) is 5.00. The predicted molar refractivity (Wildman–Crippen MR) is 118 cm³/mol. The average Bonchev–Trinajstić information content (AvgIpc) is 2.68. The Morgan fingerprint density at radius 3 is 2.38 bits per heavy atom. The maximum absolute atomic E-state index is 12.5. The summed E-state index contributed by atoms with van der Waals surface area (Å²) in [6.45, 7) is 6.95. The molecule has 29 heavy (non-hydrogen) atoms. The molecule has 1 aliphatic rings. The fraction of sp³-hybridized carbons (Fsp3) is 0.391. The molecule has 1 fully saturated rings. The van der Waals surface area contributed by atoms with Crippen molar-refractivity contribution in [2.75, 3.05) is 36.4 Å². The molecule has 2 amide bonds. The summed E-state index contributed by atoms with van der Waals surface area (Å²) < 4.78 is 0. The van der Waals surface area contributed by atoms with Crippen LogP contribution in [0.2, 0.25) is 5.02 Å². The fourth-order valence-electron chi connectivity index (χ4n) is 3.53. The van der Waals surface area contributed by atoms with Crippen molar-refractivity contribution in [3.63, 3.8) is 0 Å². The molecule has 2 aromatic carbocycles. The highest BCUT2D eigenvalue weighted by Crippen LogP contribution is 2.30. The van der Waals surface area contributed by atoms with Gasteiger partial charge in [-0.2, -0.15) is 0 Å². The minimum absolute atomic E-state index is 0.0783. The van der Waals surface area contributed by atoms with Crippen molar-refractivity contribution in [2.45, 2.75) is 26.7 Å². The molecule has 6 heteroatoms. The molecular formula is C23H28ClN3O2. The number of rotatable bonds is 6. The first-order chi connectivity index (χ1) is 13.9. The quantitative estimate of drug-likeness (QED) is 0.771. The van der Waals surface area contributed by atoms with E-state index in [4.69, 9.17) is 11.6 Å². The average molecular weight is 414 g/mol. The fourth-order valence-corrected chi connectivity index (χ4v) is 3.71. The van der Waals surface area contributed by atoms with Crippen LogP contribution in [0.3, 0.4) is 0 Å². The summed E-state index contributed by atoms with van der Waals surface area (Å²) >= 11 is 6.19. The Hall–Kier alpha value is -2.53. The summed E-state index contributed by atoms with van der Waals surface area (Å²) in [5, 5.41) is 3.59. The summed E-state index contributed by atoms with van der Waals surface area (Å²) in [6.07, 6.45) is 0.895. The molecule has 0 unspecified atom stereocenters. The Balaban J connectivity index is 1.66. The number of nitrogens with one attached hydrogen (secondary N) is 1. The van der Waals surface area contributed by atoms with Gasteiger partial charge in [0.05, 0.1) is 17.8 Å². The van der Waals surface area contributed by atoms with E-state index in [0.29, 0.717) is 42.6 Å². The molecule has 0 spiro atoms. The Morgan fingerprint density at radius 2 is 1.72 bits per heavy atom. The molecule has 2 aromatic rings. The molecule has 1 aliphatic heterocycles. The maximum Gasteiger partial charge on any atom is 0.228 e. The lowest BCUT2D eigenvalue weighted by atomic mass is 10.1. The number of halogens is 1. The van der Waals surface area contributed by atoms with Gasteiger partial charge in [-0.25, -0.2) is 0 Å². The first-order valence-corrected chi connectivity index (χ1v) is 10.5. The summed E-state index contributed by atoms with van der Waals surface area (Å²) in [5.74, 6) is 0.501. The number of carbonyl (C=O) groups excluding carboxylic acids is 2. The zero-order valence-electron chi connectivity index (χ0n) is 17.0. The monoisotopic (exact) mass is 413 g/mol. The van der Waals surface area contributed by atoms with Crippen molar-refractivity contribution in [1.82, 2.24) is 4.90 Å². The molecule has 0 bridgehead atoms. The minimum atomic E-state index is -0.0783. The van der Waals surface area contributed by atoms with Crippen molar-refractivity contribution in [3.8, 4) is 0 Å². The van der Waals surface area contributed by atoms with Crippen LogP contribution in [0, 0.1) is 5.92 Å². The van der Waals surface area contributed by atoms with E-state index in [0.717, 1.165) is 24.3 Å². The molecular weight excluding hydrogens is 386 g/mol. The van der Waals surface area contributed by atoms with Crippen molar-refractivity contribution in [3.05, 3.63) is 59.1 Å². The molecule has 1 N–H and O–H groups in total. The third-order valence-corrected chi connectivity index (χ3v) is 5.23. The highest BCUT2D eigenvalue weighted by atomic mass is 35.5. The van der Waals surface area contributed by atoms with Crippen LogP contribution in [0.1, 0.15) is 25.8 Å². The van der Waals surface area contributed by atoms with Gasteiger partial charge in [-0.3, -0.25) is 9.59 Å². The summed E-state index contributed by atoms with van der Waals surface area (Å²) in [6, 6.07) is 15.2. The lowest BCUT2D eigenvalue weighted by Gasteiger charge is -2.37. The van der Waals surface area contributed by atoms with E-state index in [9.17, 15) is 9.59 Å². The first kappa shape index (κ1) is 21.2. The smallest absolute Gasteiger partial charge is 0.228 e. The number of hydrogen-bond donors (Lipinski definition) is 1. The van der Waals surface area contributed by atoms with E-state index in [1.54, 1.807) is 6.07 Å². The van der Waals surface area contributed by atoms with Crippen LogP contribution < -0.4 is 10.2 Å². The molecule has 1 heterocycles. The van der Waals surface area contributed by atoms with E-state index < -0.39 is 0 Å². The highest BCUT2D eigenvalue weighted by Gasteiger charge is 2.23. The highest BCUT2D eigenvalue weighted by molar-refractivity contribution is 6.31. The molecule has 0 aromatic heterocycles. The van der Waals surface area contributed by atoms with E-state index >= 15 is 0 Å². The second-order valence-corrected chi connectivity index (χ2v) is 8.27. The van der Waals surface area contributed by atoms with Gasteiger partial charge < -0.3 is 15.1 Å². The molecule has 1 saturated heterocycles. The number of anilines is 2. The number of benzene rings is 2. The number of piperazine rings is 1. The molecule has 154 valence electrons. The predicted octanol–water partition coefficient (Wildman–Crippen LogP) is 4.22. The summed E-state index contributed by atoms with van der Waals surface area (Å²) in [5.41, 5.74) is 2.61. The van der Waals surface area contributed by atoms with Gasteiger partial charge in [-0.05, 0) is 29.7 Å². The van der Waals surface area contributed by atoms with Gasteiger partial charge in [0.25, 0.3) is 0 Å². The molecule has 0 aliphatic carbocycles. The zero-order chi connectivity index (χ0) is 20.8. The number of nitrogens with zero attached hydrogens (tertiary/aromatic N) is 2. The molecule has 0 saturated carbocycles. The van der Waals surface area contributed by atoms with E-state index in [-0.39, 0.29) is 11.8 Å². The molecule has 3 rings (SSSR count). The van der Waals surface area contributed by atoms with E-state index in [1.165, 1.54) is 0 Å². The van der Waals surface area contributed by atoms with Crippen LogP contribution in [0.5, 0.6) is 0 Å². The van der Waals surface area contributed by atoms with Crippen LogP contribution in [-0.4, -0.2) is 42.9 Å². The van der Waals surface area contributed by atoms with Gasteiger partial charge in [0.2, 0.25) is 11.8 Å². The van der Waals surface area contributed by atoms with Crippen LogP contribution in [0.25, 0.3) is 0 Å². The Labute approximate surface area is 177 Å². The summed E-state index contributed by atoms with van der Waals surface area (Å²) in [4.78, 5) is 29.0. The van der Waals surface area contributed by atoms with Crippen LogP contribution in [0.15, 0.2) is 48.5 Å². The van der Waals surface area contributed by atoms with Crippen molar-refractivity contribution in [1.29, 1.82) is 0 Å². The standard InChI is InChI=1S/C23H28ClN3O2/c1-17(2)14-23(29)27-12-10-26(11-13-27)21-9-8-19(24)16-20(21)25-22(28)15-18-6-4-3-5-7-18/h3-9,16-17H,10-15H2,1-2H3,(H,25,28). The normalized spacial score (nSPS) is 14.2. The van der Waals surface area contributed by atoms with Crippen molar-refractivity contribution in [2.24, 2.45) is 5.92 Å². The van der Waals surface area contributed by atoms with Gasteiger partial charge in [0.1, 0.15) is 0 Å². The zero-order valence-corrected chi connectivity index (χ0v) is 17.8. The lowest BCUT2D eigenvalue weighted by Crippen LogP contribution is -2.49. The van der Waals surface area contributed by atoms with Gasteiger partial charge in [0, 0.05) is 37.6 Å². The largest absolute Gasteiger partial charge is 0.366 e. The Morgan fingerprint density at radius 1 is 1.03 bits per heavy atom. The number of amides is 2. The van der Waals surface area contributed by atoms with Crippen LogP contribution >= 0.6 is 11.6 Å². The van der Waals surface area contributed by atoms with Gasteiger partial charge in [0.15, 0.2) is 0 Å². The lowest BCUT2D eigenvalue weighted by molar-refractivity contribution is -0.132. The van der Waals surface area contributed by atoms with Gasteiger partial charge >= 0.3 is 0 Å². The molecule has 0 atom stereocenters. The van der Waals surface area contributed by atoms with Crippen LogP contribution in [-0.2, 0) is 16.0 Å². The van der Waals surface area contributed by atoms with Gasteiger partial charge in [-0.15, -0.1) is 0 Å². The third kappa shape index (κ3) is 5.97. The van der Waals surface area contributed by atoms with Crippen molar-refractivity contribution < 1.29 is 9.59 Å². The number of carbonyl (C=O) groups is 2. The van der Waals surface area contributed by atoms with Gasteiger partial charge in [-0.1, -0.05) is 55.8 Å². The topological polar surface area (TPSA) is 52.7 Å². The van der Waals surface area contributed by atoms with Crippen LogP contribution in [0.4, 0.5) is 11.4 Å². The second-order valence-electron chi connectivity index (χ2n) is 7.84. The first-order valence-electron chi connectivity index (χ1n) is 10.1. The summed E-state index contributed by atoms with van der Waals surface area (Å²) in [7, 11) is 0. The Kier molecular flexibility index (Phi) is 7.15. The minimum Gasteiger partial charge on any atom is -0.366 e. The second kappa shape index (κ2) is 9.79. The molecule has 0 radical (unpaired) electrons. The maximum atomic E-state index is 12.5. The molecule has 5 nitrogen and oxygen atoms in total. The number of hydrogen-bond acceptors (Lipinski definition) is 3. The Bertz CT molecular complexity index is 846. The SMILES string of the molecule is CC(C)CC(=O)N1CCN(c2ccc(Cl)cc2NC(=O)Cc2ccccc2)CC1. The van der Waals surface area contributed by atoms with Crippen molar-refractivity contribution >= 4 is 34.8 Å².